The fourth-order valence-corrected chi connectivity index (χ4v) is 1.87. The smallest absolute Gasteiger partial charge is 0.303 e. The van der Waals surface area contributed by atoms with Gasteiger partial charge in [-0.3, -0.25) is 4.79 Å². The van der Waals surface area contributed by atoms with Crippen LogP contribution in [-0.4, -0.2) is 11.1 Å². The van der Waals surface area contributed by atoms with Crippen LogP contribution in [0.15, 0.2) is 42.5 Å². The molecule has 0 aliphatic carbocycles. The van der Waals surface area contributed by atoms with Crippen LogP contribution in [-0.2, 0) is 11.2 Å². The number of aliphatic carboxylic acids is 1. The van der Waals surface area contributed by atoms with Crippen LogP contribution < -0.4 is 0 Å². The van der Waals surface area contributed by atoms with Crippen LogP contribution in [0, 0.1) is 11.8 Å². The number of allylic oxidation sites excluding steroid dienone is 1. The molecule has 0 aliphatic rings. The first-order chi connectivity index (χ1) is 8.00. The van der Waals surface area contributed by atoms with Crippen molar-refractivity contribution in [2.24, 2.45) is 11.8 Å². The zero-order valence-electron chi connectivity index (χ0n) is 10.5. The summed E-state index contributed by atoms with van der Waals surface area (Å²) < 4.78 is 0. The summed E-state index contributed by atoms with van der Waals surface area (Å²) in [5.74, 6) is -0.383. The van der Waals surface area contributed by atoms with Gasteiger partial charge in [-0.1, -0.05) is 56.3 Å². The lowest BCUT2D eigenvalue weighted by atomic mass is 9.84. The van der Waals surface area contributed by atoms with E-state index < -0.39 is 5.97 Å². The predicted octanol–water partition coefficient (Wildman–Crippen LogP) is 3.53. The fourth-order valence-electron chi connectivity index (χ4n) is 1.87. The first-order valence-corrected chi connectivity index (χ1v) is 5.94. The monoisotopic (exact) mass is 232 g/mol. The largest absolute Gasteiger partial charge is 0.481 e. The van der Waals surface area contributed by atoms with E-state index in [0.29, 0.717) is 0 Å². The summed E-state index contributed by atoms with van der Waals surface area (Å²) in [5.41, 5.74) is 2.33. The van der Waals surface area contributed by atoms with E-state index in [0.717, 1.165) is 12.0 Å². The molecule has 0 saturated carbocycles. The molecule has 0 bridgehead atoms. The van der Waals surface area contributed by atoms with Gasteiger partial charge in [-0.25, -0.2) is 0 Å². The van der Waals surface area contributed by atoms with Crippen molar-refractivity contribution in [2.45, 2.75) is 26.7 Å². The van der Waals surface area contributed by atoms with Crippen LogP contribution in [0.5, 0.6) is 0 Å². The highest BCUT2D eigenvalue weighted by Crippen LogP contribution is 2.24. The molecule has 0 saturated heterocycles. The Bertz CT molecular complexity index is 381. The maximum atomic E-state index is 10.7. The minimum Gasteiger partial charge on any atom is -0.481 e. The number of carbonyl (C=O) groups is 1. The van der Waals surface area contributed by atoms with Crippen molar-refractivity contribution in [3.05, 3.63) is 48.0 Å². The Morgan fingerprint density at radius 2 is 1.88 bits per heavy atom. The van der Waals surface area contributed by atoms with Gasteiger partial charge in [0, 0.05) is 6.42 Å². The Labute approximate surface area is 103 Å². The first-order valence-electron chi connectivity index (χ1n) is 5.94. The molecule has 1 rings (SSSR count). The number of rotatable bonds is 6. The van der Waals surface area contributed by atoms with Gasteiger partial charge in [-0.05, 0) is 23.8 Å². The van der Waals surface area contributed by atoms with Crippen molar-refractivity contribution in [2.75, 3.05) is 0 Å². The molecule has 0 amide bonds. The molecule has 1 aromatic rings. The molecule has 2 heteroatoms. The van der Waals surface area contributed by atoms with E-state index in [1.807, 2.05) is 25.1 Å². The molecule has 0 aliphatic heterocycles. The molecule has 2 atom stereocenters. The summed E-state index contributed by atoms with van der Waals surface area (Å²) in [6.45, 7) is 8.11. The van der Waals surface area contributed by atoms with Gasteiger partial charge in [-0.2, -0.15) is 0 Å². The van der Waals surface area contributed by atoms with Crippen molar-refractivity contribution in [3.8, 4) is 0 Å². The van der Waals surface area contributed by atoms with Gasteiger partial charge in [0.05, 0.1) is 0 Å². The lowest BCUT2D eigenvalue weighted by Crippen LogP contribution is -2.15. The summed E-state index contributed by atoms with van der Waals surface area (Å²) in [7, 11) is 0. The minimum absolute atomic E-state index is 0.128. The Morgan fingerprint density at radius 1 is 1.29 bits per heavy atom. The van der Waals surface area contributed by atoms with E-state index >= 15 is 0 Å². The molecule has 2 nitrogen and oxygen atoms in total. The first kappa shape index (κ1) is 13.5. The van der Waals surface area contributed by atoms with Gasteiger partial charge in [0.2, 0.25) is 0 Å². The predicted molar refractivity (Wildman–Crippen MR) is 69.9 cm³/mol. The normalized spacial score (nSPS) is 14.0. The second-order valence-corrected chi connectivity index (χ2v) is 4.68. The average molecular weight is 232 g/mol. The van der Waals surface area contributed by atoms with Gasteiger partial charge in [0.25, 0.3) is 0 Å². The van der Waals surface area contributed by atoms with Crippen molar-refractivity contribution in [3.63, 3.8) is 0 Å². The second kappa shape index (κ2) is 6.24. The van der Waals surface area contributed by atoms with E-state index in [1.54, 1.807) is 0 Å². The Hall–Kier alpha value is -1.57. The second-order valence-electron chi connectivity index (χ2n) is 4.68. The molecule has 0 radical (unpaired) electrons. The third kappa shape index (κ3) is 4.43. The van der Waals surface area contributed by atoms with Crippen molar-refractivity contribution in [1.29, 1.82) is 0 Å². The highest BCUT2D eigenvalue weighted by molar-refractivity contribution is 5.67. The molecule has 1 N–H and O–H groups in total. The maximum Gasteiger partial charge on any atom is 0.303 e. The van der Waals surface area contributed by atoms with Gasteiger partial charge >= 0.3 is 5.97 Å². The summed E-state index contributed by atoms with van der Waals surface area (Å²) in [6, 6.07) is 10.1. The molecule has 0 aromatic heterocycles. The lowest BCUT2D eigenvalue weighted by Gasteiger charge is -2.20. The SMILES string of the molecule is C=C(Cc1ccccc1)C(C)C(C)CC(=O)O. The quantitative estimate of drug-likeness (QED) is 0.762. The summed E-state index contributed by atoms with van der Waals surface area (Å²) >= 11 is 0. The lowest BCUT2D eigenvalue weighted by molar-refractivity contribution is -0.138. The van der Waals surface area contributed by atoms with Crippen LogP contribution in [0.2, 0.25) is 0 Å². The topological polar surface area (TPSA) is 37.3 Å². The molecule has 2 unspecified atom stereocenters. The van der Waals surface area contributed by atoms with Crippen LogP contribution in [0.1, 0.15) is 25.8 Å². The molecule has 0 heterocycles. The molecule has 0 spiro atoms. The average Bonchev–Trinajstić information content (AvgIpc) is 2.28. The zero-order valence-corrected chi connectivity index (χ0v) is 10.5. The Morgan fingerprint density at radius 3 is 2.41 bits per heavy atom. The summed E-state index contributed by atoms with van der Waals surface area (Å²) in [6.07, 6.45) is 1.03. The Kier molecular flexibility index (Phi) is 4.95. The number of hydrogen-bond donors (Lipinski definition) is 1. The van der Waals surface area contributed by atoms with Crippen LogP contribution >= 0.6 is 0 Å². The van der Waals surface area contributed by atoms with Crippen molar-refractivity contribution < 1.29 is 9.90 Å². The number of carboxylic acid groups (broad SMARTS) is 1. The standard InChI is InChI=1S/C15H20O2/c1-11(9-14-7-5-4-6-8-14)13(3)12(2)10-15(16)17/h4-8,12-13H,1,9-10H2,2-3H3,(H,16,17). The molecular weight excluding hydrogens is 212 g/mol. The highest BCUT2D eigenvalue weighted by Gasteiger charge is 2.18. The molecule has 0 fully saturated rings. The molecular formula is C15H20O2. The van der Waals surface area contributed by atoms with E-state index in [1.165, 1.54) is 5.56 Å². The fraction of sp³-hybridized carbons (Fsp3) is 0.400. The van der Waals surface area contributed by atoms with E-state index in [4.69, 9.17) is 5.11 Å². The third-order valence-corrected chi connectivity index (χ3v) is 3.27. The number of benzene rings is 1. The van der Waals surface area contributed by atoms with Gasteiger partial charge in [0.1, 0.15) is 0 Å². The van der Waals surface area contributed by atoms with Gasteiger partial charge < -0.3 is 5.11 Å². The minimum atomic E-state index is -0.739. The summed E-state index contributed by atoms with van der Waals surface area (Å²) in [4.78, 5) is 10.7. The number of hydrogen-bond acceptors (Lipinski definition) is 1. The van der Waals surface area contributed by atoms with Crippen molar-refractivity contribution >= 4 is 5.97 Å². The third-order valence-electron chi connectivity index (χ3n) is 3.27. The molecule has 1 aromatic carbocycles. The van der Waals surface area contributed by atoms with Gasteiger partial charge in [0.15, 0.2) is 0 Å². The van der Waals surface area contributed by atoms with E-state index in [-0.39, 0.29) is 18.3 Å². The van der Waals surface area contributed by atoms with Crippen molar-refractivity contribution in [1.82, 2.24) is 0 Å². The van der Waals surface area contributed by atoms with Gasteiger partial charge in [-0.15, -0.1) is 0 Å². The zero-order chi connectivity index (χ0) is 12.8. The Balaban J connectivity index is 2.55. The van der Waals surface area contributed by atoms with Crippen LogP contribution in [0.25, 0.3) is 0 Å². The number of carboxylic acids is 1. The highest BCUT2D eigenvalue weighted by atomic mass is 16.4. The molecule has 92 valence electrons. The van der Waals surface area contributed by atoms with Crippen LogP contribution in [0.3, 0.4) is 0 Å². The van der Waals surface area contributed by atoms with Crippen LogP contribution in [0.4, 0.5) is 0 Å². The summed E-state index contributed by atoms with van der Waals surface area (Å²) in [5, 5.41) is 8.77. The maximum absolute atomic E-state index is 10.7. The van der Waals surface area contributed by atoms with E-state index in [9.17, 15) is 4.79 Å². The molecule has 17 heavy (non-hydrogen) atoms. The van der Waals surface area contributed by atoms with E-state index in [2.05, 4.69) is 25.6 Å².